The van der Waals surface area contributed by atoms with Crippen molar-refractivity contribution in [3.63, 3.8) is 0 Å². The van der Waals surface area contributed by atoms with Gasteiger partial charge in [-0.3, -0.25) is 4.98 Å². The van der Waals surface area contributed by atoms with Gasteiger partial charge in [0.25, 0.3) is 0 Å². The smallest absolute Gasteiger partial charge is 0.454 e. The Bertz CT molecular complexity index is 728. The summed E-state index contributed by atoms with van der Waals surface area (Å²) in [6, 6.07) is 5.78. The standard InChI is InChI=1S/C17H19BClNO4/c1-3-23-16-6-11(5-15(19)17(16)22-2)12-4-13(9-20-8-12)14-7-18(21)24-10-14/h4-6,8-9,14,21H,3,7,10H2,1-2H3/t14-/m1/s1. The molecule has 0 bridgehead atoms. The largest absolute Gasteiger partial charge is 0.491 e. The summed E-state index contributed by atoms with van der Waals surface area (Å²) >= 11 is 6.33. The summed E-state index contributed by atoms with van der Waals surface area (Å²) in [5, 5.41) is 10.0. The zero-order valence-corrected chi connectivity index (χ0v) is 14.4. The summed E-state index contributed by atoms with van der Waals surface area (Å²) in [4.78, 5) is 4.33. The van der Waals surface area contributed by atoms with Crippen LogP contribution >= 0.6 is 11.6 Å². The first-order valence-corrected chi connectivity index (χ1v) is 8.25. The Morgan fingerprint density at radius 3 is 2.83 bits per heavy atom. The Balaban J connectivity index is 1.97. The van der Waals surface area contributed by atoms with E-state index in [0.29, 0.717) is 36.1 Å². The molecule has 1 fully saturated rings. The number of halogens is 1. The molecule has 1 aromatic heterocycles. The number of methoxy groups -OCH3 is 1. The molecule has 1 N–H and O–H groups in total. The summed E-state index contributed by atoms with van der Waals surface area (Å²) in [5.74, 6) is 1.28. The highest BCUT2D eigenvalue weighted by Crippen LogP contribution is 2.40. The molecule has 0 aliphatic carbocycles. The lowest BCUT2D eigenvalue weighted by Gasteiger charge is -2.14. The molecule has 0 radical (unpaired) electrons. The Morgan fingerprint density at radius 2 is 2.17 bits per heavy atom. The molecule has 1 saturated heterocycles. The van der Waals surface area contributed by atoms with Gasteiger partial charge in [0.05, 0.1) is 18.7 Å². The summed E-state index contributed by atoms with van der Waals surface area (Å²) < 4.78 is 16.2. The highest BCUT2D eigenvalue weighted by Gasteiger charge is 2.30. The Morgan fingerprint density at radius 1 is 1.33 bits per heavy atom. The van der Waals surface area contributed by atoms with Gasteiger partial charge in [0.2, 0.25) is 0 Å². The fraction of sp³-hybridized carbons (Fsp3) is 0.353. The molecule has 126 valence electrons. The lowest BCUT2D eigenvalue weighted by atomic mass is 9.80. The highest BCUT2D eigenvalue weighted by atomic mass is 35.5. The van der Waals surface area contributed by atoms with Crippen LogP contribution in [0.5, 0.6) is 11.5 Å². The first-order valence-electron chi connectivity index (χ1n) is 7.87. The van der Waals surface area contributed by atoms with Gasteiger partial charge < -0.3 is 19.2 Å². The van der Waals surface area contributed by atoms with E-state index < -0.39 is 7.12 Å². The fourth-order valence-corrected chi connectivity index (χ4v) is 3.16. The molecule has 3 rings (SSSR count). The zero-order valence-electron chi connectivity index (χ0n) is 13.7. The van der Waals surface area contributed by atoms with Gasteiger partial charge in [0, 0.05) is 30.5 Å². The van der Waals surface area contributed by atoms with Crippen LogP contribution < -0.4 is 9.47 Å². The van der Waals surface area contributed by atoms with E-state index >= 15 is 0 Å². The van der Waals surface area contributed by atoms with Crippen molar-refractivity contribution in [2.24, 2.45) is 0 Å². The number of rotatable bonds is 5. The molecule has 2 aromatic rings. The van der Waals surface area contributed by atoms with Crippen LogP contribution in [0.25, 0.3) is 11.1 Å². The van der Waals surface area contributed by atoms with Crippen molar-refractivity contribution in [3.05, 3.63) is 41.2 Å². The topological polar surface area (TPSA) is 60.8 Å². The van der Waals surface area contributed by atoms with Crippen molar-refractivity contribution in [3.8, 4) is 22.6 Å². The van der Waals surface area contributed by atoms with Crippen LogP contribution in [0.15, 0.2) is 30.6 Å². The van der Waals surface area contributed by atoms with Crippen molar-refractivity contribution in [1.29, 1.82) is 0 Å². The number of aromatic nitrogens is 1. The van der Waals surface area contributed by atoms with Crippen molar-refractivity contribution >= 4 is 18.7 Å². The minimum absolute atomic E-state index is 0.146. The van der Waals surface area contributed by atoms with Gasteiger partial charge in [-0.15, -0.1) is 0 Å². The van der Waals surface area contributed by atoms with Crippen molar-refractivity contribution in [2.45, 2.75) is 19.2 Å². The van der Waals surface area contributed by atoms with Crippen LogP contribution in [0, 0.1) is 0 Å². The quantitative estimate of drug-likeness (QED) is 0.840. The summed E-state index contributed by atoms with van der Waals surface area (Å²) in [6.07, 6.45) is 4.17. The number of benzene rings is 1. The molecule has 7 heteroatoms. The minimum atomic E-state index is -0.696. The van der Waals surface area contributed by atoms with Crippen LogP contribution in [0.2, 0.25) is 11.3 Å². The van der Waals surface area contributed by atoms with Gasteiger partial charge in [-0.2, -0.15) is 0 Å². The number of hydrogen-bond donors (Lipinski definition) is 1. The molecule has 1 aromatic carbocycles. The summed E-state index contributed by atoms with van der Waals surface area (Å²) in [5.41, 5.74) is 2.87. The average molecular weight is 348 g/mol. The number of pyridine rings is 1. The second-order valence-corrected chi connectivity index (χ2v) is 6.06. The monoisotopic (exact) mass is 347 g/mol. The molecular formula is C17H19BClNO4. The number of nitrogens with zero attached hydrogens (tertiary/aromatic N) is 1. The predicted molar refractivity (Wildman–Crippen MR) is 93.9 cm³/mol. The summed E-state index contributed by atoms with van der Waals surface area (Å²) in [6.45, 7) is 2.93. The van der Waals surface area contributed by atoms with E-state index in [9.17, 15) is 5.02 Å². The van der Waals surface area contributed by atoms with Gasteiger partial charge in [-0.05, 0) is 42.6 Å². The van der Waals surface area contributed by atoms with E-state index in [-0.39, 0.29) is 5.92 Å². The average Bonchev–Trinajstić information content (AvgIpc) is 3.01. The van der Waals surface area contributed by atoms with Crippen LogP contribution in [-0.4, -0.2) is 37.4 Å². The predicted octanol–water partition coefficient (Wildman–Crippen LogP) is 3.40. The van der Waals surface area contributed by atoms with E-state index in [4.69, 9.17) is 25.7 Å². The van der Waals surface area contributed by atoms with Crippen molar-refractivity contribution in [1.82, 2.24) is 4.98 Å². The molecule has 24 heavy (non-hydrogen) atoms. The maximum Gasteiger partial charge on any atom is 0.454 e. The number of hydrogen-bond acceptors (Lipinski definition) is 5. The first-order chi connectivity index (χ1) is 11.6. The van der Waals surface area contributed by atoms with Gasteiger partial charge in [0.1, 0.15) is 0 Å². The van der Waals surface area contributed by atoms with E-state index in [1.165, 1.54) is 0 Å². The lowest BCUT2D eigenvalue weighted by molar-refractivity contribution is 0.292. The molecule has 0 amide bonds. The van der Waals surface area contributed by atoms with Gasteiger partial charge in [0.15, 0.2) is 11.5 Å². The van der Waals surface area contributed by atoms with Crippen LogP contribution in [0.1, 0.15) is 18.4 Å². The molecule has 2 heterocycles. The Kier molecular flexibility index (Phi) is 5.28. The molecule has 1 aliphatic heterocycles. The van der Waals surface area contributed by atoms with Crippen molar-refractivity contribution in [2.75, 3.05) is 20.3 Å². The van der Waals surface area contributed by atoms with Crippen LogP contribution in [0.4, 0.5) is 0 Å². The third kappa shape index (κ3) is 3.51. The fourth-order valence-electron chi connectivity index (χ4n) is 2.87. The van der Waals surface area contributed by atoms with Crippen LogP contribution in [0.3, 0.4) is 0 Å². The molecule has 1 aliphatic rings. The molecular weight excluding hydrogens is 328 g/mol. The van der Waals surface area contributed by atoms with E-state index in [2.05, 4.69) is 4.98 Å². The molecule has 0 unspecified atom stereocenters. The SMILES string of the molecule is CCOc1cc(-c2cncc([C@H]3COB(O)C3)c2)cc(Cl)c1OC. The molecule has 0 spiro atoms. The second kappa shape index (κ2) is 7.42. The third-order valence-corrected chi connectivity index (χ3v) is 4.33. The van der Waals surface area contributed by atoms with Gasteiger partial charge in [-0.1, -0.05) is 11.6 Å². The van der Waals surface area contributed by atoms with E-state index in [1.54, 1.807) is 13.3 Å². The van der Waals surface area contributed by atoms with Gasteiger partial charge >= 0.3 is 7.12 Å². The zero-order chi connectivity index (χ0) is 17.1. The Labute approximate surface area is 146 Å². The van der Waals surface area contributed by atoms with Gasteiger partial charge in [-0.25, -0.2) is 0 Å². The minimum Gasteiger partial charge on any atom is -0.491 e. The number of ether oxygens (including phenoxy) is 2. The Hall–Kier alpha value is -1.76. The van der Waals surface area contributed by atoms with E-state index in [0.717, 1.165) is 16.7 Å². The molecule has 0 saturated carbocycles. The maximum atomic E-state index is 9.55. The first kappa shape index (κ1) is 17.1. The maximum absolute atomic E-state index is 9.55. The highest BCUT2D eigenvalue weighted by molar-refractivity contribution is 6.43. The summed E-state index contributed by atoms with van der Waals surface area (Å²) in [7, 11) is 0.871. The molecule has 1 atom stereocenters. The molecule has 5 nitrogen and oxygen atoms in total. The normalized spacial score (nSPS) is 17.2. The van der Waals surface area contributed by atoms with Crippen molar-refractivity contribution < 1.29 is 19.2 Å². The second-order valence-electron chi connectivity index (χ2n) is 5.65. The lowest BCUT2D eigenvalue weighted by Crippen LogP contribution is -2.07. The third-order valence-electron chi connectivity index (χ3n) is 4.05. The van der Waals surface area contributed by atoms with E-state index in [1.807, 2.05) is 31.3 Å². The van der Waals surface area contributed by atoms with Crippen LogP contribution in [-0.2, 0) is 4.65 Å².